The van der Waals surface area contributed by atoms with Gasteiger partial charge in [-0.3, -0.25) is 0 Å². The lowest BCUT2D eigenvalue weighted by atomic mass is 9.53. The zero-order valence-electron chi connectivity index (χ0n) is 8.65. The van der Waals surface area contributed by atoms with E-state index in [1.165, 1.54) is 37.6 Å². The second-order valence-corrected chi connectivity index (χ2v) is 5.05. The van der Waals surface area contributed by atoms with Crippen LogP contribution in [0.1, 0.15) is 32.1 Å². The normalized spacial score (nSPS) is 18.1. The predicted molar refractivity (Wildman–Crippen MR) is 68.4 cm³/mol. The van der Waals surface area contributed by atoms with E-state index in [4.69, 9.17) is 0 Å². The van der Waals surface area contributed by atoms with Crippen LogP contribution in [0.25, 0.3) is 0 Å². The quantitative estimate of drug-likeness (QED) is 0.512. The minimum absolute atomic E-state index is 0.677. The molecule has 1 fully saturated rings. The zero-order chi connectivity index (χ0) is 9.80. The van der Waals surface area contributed by atoms with Crippen molar-refractivity contribution in [2.45, 2.75) is 37.9 Å². The van der Waals surface area contributed by atoms with Crippen molar-refractivity contribution in [3.63, 3.8) is 0 Å². The van der Waals surface area contributed by atoms with Gasteiger partial charge in [-0.05, 0) is 0 Å². The van der Waals surface area contributed by atoms with E-state index in [1.807, 2.05) is 0 Å². The molecule has 0 bridgehead atoms. The topological polar surface area (TPSA) is 0 Å². The average molecular weight is 204 g/mol. The third-order valence-electron chi connectivity index (χ3n) is 3.34. The Kier molecular flexibility index (Phi) is 3.64. The SMILES string of the molecule is PB(c1ccccc1)C1CCCCC1. The highest BCUT2D eigenvalue weighted by molar-refractivity contribution is 7.65. The highest BCUT2D eigenvalue weighted by atomic mass is 31.0. The summed E-state index contributed by atoms with van der Waals surface area (Å²) < 4.78 is 0. The van der Waals surface area contributed by atoms with Gasteiger partial charge in [0.15, 0.2) is 0 Å². The molecule has 0 aliphatic heterocycles. The van der Waals surface area contributed by atoms with Crippen LogP contribution in [0.4, 0.5) is 0 Å². The first-order valence-electron chi connectivity index (χ1n) is 5.68. The van der Waals surface area contributed by atoms with E-state index < -0.39 is 0 Å². The molecule has 1 aliphatic rings. The molecule has 0 N–H and O–H groups in total. The molecule has 0 heterocycles. The molecule has 2 rings (SSSR count). The highest BCUT2D eigenvalue weighted by Gasteiger charge is 2.24. The Labute approximate surface area is 89.7 Å². The van der Waals surface area contributed by atoms with E-state index in [1.54, 1.807) is 0 Å². The first-order valence-corrected chi connectivity index (χ1v) is 6.35. The van der Waals surface area contributed by atoms with Gasteiger partial charge in [0.25, 0.3) is 0 Å². The van der Waals surface area contributed by atoms with Crippen molar-refractivity contribution in [2.24, 2.45) is 0 Å². The summed E-state index contributed by atoms with van der Waals surface area (Å²) >= 11 is 0. The molecular formula is C12H18BP. The van der Waals surface area contributed by atoms with E-state index in [0.29, 0.717) is 6.43 Å². The molecule has 74 valence electrons. The summed E-state index contributed by atoms with van der Waals surface area (Å²) in [7, 11) is 3.04. The lowest BCUT2D eigenvalue weighted by Crippen LogP contribution is -2.30. The lowest BCUT2D eigenvalue weighted by molar-refractivity contribution is 0.501. The minimum Gasteiger partial charge on any atom is -0.165 e. The Bertz CT molecular complexity index is 267. The summed E-state index contributed by atoms with van der Waals surface area (Å²) in [5.74, 6) is 0.899. The molecule has 1 atom stereocenters. The van der Waals surface area contributed by atoms with Crippen molar-refractivity contribution in [1.82, 2.24) is 0 Å². The van der Waals surface area contributed by atoms with Crippen LogP contribution in [-0.4, -0.2) is 6.43 Å². The van der Waals surface area contributed by atoms with E-state index in [2.05, 4.69) is 39.5 Å². The van der Waals surface area contributed by atoms with Crippen molar-refractivity contribution < 1.29 is 0 Å². The van der Waals surface area contributed by atoms with Gasteiger partial charge in [-0.15, -0.1) is 0 Å². The Hall–Kier alpha value is -0.285. The molecule has 1 aliphatic carbocycles. The van der Waals surface area contributed by atoms with Crippen LogP contribution in [0.2, 0.25) is 5.82 Å². The maximum Gasteiger partial charge on any atom is 0.201 e. The molecule has 1 aromatic carbocycles. The molecule has 0 spiro atoms. The molecule has 14 heavy (non-hydrogen) atoms. The molecule has 0 saturated heterocycles. The second-order valence-electron chi connectivity index (χ2n) is 4.33. The van der Waals surface area contributed by atoms with Gasteiger partial charge >= 0.3 is 0 Å². The van der Waals surface area contributed by atoms with Crippen LogP contribution in [-0.2, 0) is 0 Å². The first-order chi connectivity index (χ1) is 6.88. The molecule has 0 aromatic heterocycles. The van der Waals surface area contributed by atoms with Crippen LogP contribution in [0.5, 0.6) is 0 Å². The first kappa shape index (κ1) is 10.2. The highest BCUT2D eigenvalue weighted by Crippen LogP contribution is 2.33. The number of benzene rings is 1. The fraction of sp³-hybridized carbons (Fsp3) is 0.500. The Morgan fingerprint density at radius 2 is 1.64 bits per heavy atom. The maximum atomic E-state index is 3.04. The van der Waals surface area contributed by atoms with Gasteiger partial charge < -0.3 is 0 Å². The van der Waals surface area contributed by atoms with Gasteiger partial charge in [-0.25, -0.2) is 0 Å². The summed E-state index contributed by atoms with van der Waals surface area (Å²) in [6.45, 7) is 0. The minimum atomic E-state index is 0.677. The molecule has 1 aromatic rings. The van der Waals surface area contributed by atoms with Crippen molar-refractivity contribution >= 4 is 21.0 Å². The van der Waals surface area contributed by atoms with Crippen molar-refractivity contribution in [3.05, 3.63) is 30.3 Å². The molecule has 0 radical (unpaired) electrons. The molecular weight excluding hydrogens is 186 g/mol. The summed E-state index contributed by atoms with van der Waals surface area (Å²) in [6, 6.07) is 10.9. The van der Waals surface area contributed by atoms with Crippen molar-refractivity contribution in [3.8, 4) is 0 Å². The van der Waals surface area contributed by atoms with Crippen molar-refractivity contribution in [1.29, 1.82) is 0 Å². The van der Waals surface area contributed by atoms with E-state index >= 15 is 0 Å². The monoisotopic (exact) mass is 204 g/mol. The van der Waals surface area contributed by atoms with Crippen LogP contribution < -0.4 is 5.46 Å². The standard InChI is InChI=1S/C12H18BP/c14-13(11-7-3-1-4-8-11)12-9-5-2-6-10-12/h1,3-4,7-8,12H,2,5-6,9-10,14H2. The fourth-order valence-electron chi connectivity index (χ4n) is 2.44. The third-order valence-corrected chi connectivity index (χ3v) is 4.27. The molecule has 0 amide bonds. The lowest BCUT2D eigenvalue weighted by Gasteiger charge is -2.25. The molecule has 1 saturated carbocycles. The summed E-state index contributed by atoms with van der Waals surface area (Å²) in [6.07, 6.45) is 7.83. The van der Waals surface area contributed by atoms with Gasteiger partial charge in [-0.1, -0.05) is 73.7 Å². The van der Waals surface area contributed by atoms with Gasteiger partial charge in [0, 0.05) is 0 Å². The van der Waals surface area contributed by atoms with Gasteiger partial charge in [0.05, 0.1) is 0 Å². The van der Waals surface area contributed by atoms with E-state index in [-0.39, 0.29) is 0 Å². The van der Waals surface area contributed by atoms with Gasteiger partial charge in [-0.2, -0.15) is 9.12 Å². The number of hydrogen-bond acceptors (Lipinski definition) is 0. The molecule has 1 unspecified atom stereocenters. The average Bonchev–Trinajstić information content (AvgIpc) is 2.30. The van der Waals surface area contributed by atoms with Crippen molar-refractivity contribution in [2.75, 3.05) is 0 Å². The predicted octanol–water partition coefficient (Wildman–Crippen LogP) is 3.09. The zero-order valence-corrected chi connectivity index (χ0v) is 9.81. The second kappa shape index (κ2) is 4.98. The third kappa shape index (κ3) is 2.39. The Morgan fingerprint density at radius 1 is 1.00 bits per heavy atom. The van der Waals surface area contributed by atoms with E-state index in [0.717, 1.165) is 5.82 Å². The van der Waals surface area contributed by atoms with E-state index in [9.17, 15) is 0 Å². The fourth-order valence-corrected chi connectivity index (χ4v) is 3.05. The Morgan fingerprint density at radius 3 is 2.29 bits per heavy atom. The smallest absolute Gasteiger partial charge is 0.165 e. The van der Waals surface area contributed by atoms with Crippen LogP contribution in [0, 0.1) is 0 Å². The number of rotatable bonds is 2. The van der Waals surface area contributed by atoms with Gasteiger partial charge in [0.1, 0.15) is 0 Å². The van der Waals surface area contributed by atoms with Gasteiger partial charge in [0.2, 0.25) is 6.43 Å². The summed E-state index contributed by atoms with van der Waals surface area (Å²) in [5.41, 5.74) is 1.49. The Balaban J connectivity index is 2.03. The maximum absolute atomic E-state index is 3.04. The van der Waals surface area contributed by atoms with Crippen LogP contribution in [0.15, 0.2) is 30.3 Å². The summed E-state index contributed by atoms with van der Waals surface area (Å²) in [5, 5.41) is 0. The van der Waals surface area contributed by atoms with Crippen LogP contribution in [0.3, 0.4) is 0 Å². The molecule has 2 heteroatoms. The molecule has 0 nitrogen and oxygen atoms in total. The number of hydrogen-bond donors (Lipinski definition) is 0. The summed E-state index contributed by atoms with van der Waals surface area (Å²) in [4.78, 5) is 0. The van der Waals surface area contributed by atoms with Crippen LogP contribution >= 0.6 is 9.12 Å². The largest absolute Gasteiger partial charge is 0.201 e.